The molecule has 3 rings (SSSR count). The largest absolute Gasteiger partial charge is 0.306 e. The van der Waals surface area contributed by atoms with Crippen molar-refractivity contribution in [3.05, 3.63) is 11.5 Å². The van der Waals surface area contributed by atoms with E-state index in [1.807, 2.05) is 0 Å². The Morgan fingerprint density at radius 1 is 1.25 bits per heavy atom. The quantitative estimate of drug-likeness (QED) is 0.739. The summed E-state index contributed by atoms with van der Waals surface area (Å²) >= 11 is 0. The summed E-state index contributed by atoms with van der Waals surface area (Å²) in [5.41, 5.74) is 0. The van der Waals surface area contributed by atoms with Crippen molar-refractivity contribution < 1.29 is 8.42 Å². The predicted molar refractivity (Wildman–Crippen MR) is 62.8 cm³/mol. The molecule has 4 atom stereocenters. The molecule has 0 aliphatic carbocycles. The maximum Gasteiger partial charge on any atom is 0.173 e. The van der Waals surface area contributed by atoms with Crippen LogP contribution in [0.15, 0.2) is 11.5 Å². The van der Waals surface area contributed by atoms with Crippen molar-refractivity contribution in [2.45, 2.75) is 24.9 Å². The zero-order valence-electron chi connectivity index (χ0n) is 9.30. The van der Waals surface area contributed by atoms with E-state index < -0.39 is 9.84 Å². The lowest BCUT2D eigenvalue weighted by molar-refractivity contribution is 0.217. The van der Waals surface area contributed by atoms with Gasteiger partial charge in [-0.3, -0.25) is 0 Å². The van der Waals surface area contributed by atoms with Gasteiger partial charge in [0, 0.05) is 24.0 Å². The first-order chi connectivity index (χ1) is 7.62. The van der Waals surface area contributed by atoms with E-state index >= 15 is 0 Å². The fourth-order valence-electron chi connectivity index (χ4n) is 3.13. The van der Waals surface area contributed by atoms with Crippen molar-refractivity contribution in [2.75, 3.05) is 25.4 Å². The summed E-state index contributed by atoms with van der Waals surface area (Å²) < 4.78 is 22.6. The number of hydrogen-bond donors (Lipinski definition) is 1. The topological polar surface area (TPSA) is 49.4 Å². The number of sulfone groups is 1. The zero-order valence-corrected chi connectivity index (χ0v) is 10.1. The molecular formula is C11H18N2O2S. The van der Waals surface area contributed by atoms with Crippen molar-refractivity contribution in [3.8, 4) is 0 Å². The summed E-state index contributed by atoms with van der Waals surface area (Å²) in [4.78, 5) is 2.50. The first-order valence-corrected chi connectivity index (χ1v) is 7.73. The minimum absolute atomic E-state index is 0.0437. The molecule has 3 aliphatic rings. The van der Waals surface area contributed by atoms with Crippen LogP contribution in [0.3, 0.4) is 0 Å². The second-order valence-corrected chi connectivity index (χ2v) is 7.11. The minimum atomic E-state index is -2.91. The third-order valence-corrected chi connectivity index (χ3v) is 5.39. The molecule has 5 heteroatoms. The Kier molecular flexibility index (Phi) is 2.57. The van der Waals surface area contributed by atoms with E-state index in [2.05, 4.69) is 10.2 Å². The molecule has 0 saturated carbocycles. The molecule has 16 heavy (non-hydrogen) atoms. The number of nitrogens with one attached hydrogen (secondary N) is 1. The van der Waals surface area contributed by atoms with Gasteiger partial charge in [0.2, 0.25) is 0 Å². The lowest BCUT2D eigenvalue weighted by Crippen LogP contribution is -2.48. The van der Waals surface area contributed by atoms with Crippen LogP contribution in [-0.2, 0) is 9.84 Å². The van der Waals surface area contributed by atoms with Crippen molar-refractivity contribution in [3.63, 3.8) is 0 Å². The van der Waals surface area contributed by atoms with Gasteiger partial charge in [0.25, 0.3) is 0 Å². The molecule has 0 aromatic rings. The van der Waals surface area contributed by atoms with Crippen molar-refractivity contribution >= 4 is 9.84 Å². The highest BCUT2D eigenvalue weighted by Crippen LogP contribution is 2.27. The first kappa shape index (κ1) is 10.7. The number of hydrogen-bond acceptors (Lipinski definition) is 4. The Morgan fingerprint density at radius 2 is 2.06 bits per heavy atom. The number of fused-ring (bicyclic) bond motifs is 2. The van der Waals surface area contributed by atoms with Crippen LogP contribution in [0.2, 0.25) is 0 Å². The van der Waals surface area contributed by atoms with Crippen LogP contribution >= 0.6 is 0 Å². The smallest absolute Gasteiger partial charge is 0.173 e. The van der Waals surface area contributed by atoms with Crippen LogP contribution in [0.25, 0.3) is 0 Å². The second kappa shape index (κ2) is 3.82. The summed E-state index contributed by atoms with van der Waals surface area (Å²) in [6, 6.07) is 0.559. The van der Waals surface area contributed by atoms with E-state index in [1.54, 1.807) is 6.08 Å². The third-order valence-electron chi connectivity index (χ3n) is 3.99. The molecule has 0 radical (unpaired) electrons. The molecule has 2 saturated heterocycles. The van der Waals surface area contributed by atoms with Gasteiger partial charge >= 0.3 is 0 Å². The molecule has 90 valence electrons. The third kappa shape index (κ3) is 2.04. The molecule has 0 spiro atoms. The molecule has 2 bridgehead atoms. The van der Waals surface area contributed by atoms with Crippen LogP contribution in [0.5, 0.6) is 0 Å². The SMILES string of the molecule is O=S1(=O)C=CC(NC2CCN3CCC2C3)C1. The molecular weight excluding hydrogens is 224 g/mol. The van der Waals surface area contributed by atoms with Crippen LogP contribution in [0.4, 0.5) is 0 Å². The summed E-state index contributed by atoms with van der Waals surface area (Å²) in [5, 5.41) is 4.86. The fourth-order valence-corrected chi connectivity index (χ4v) is 4.37. The van der Waals surface area contributed by atoms with E-state index in [1.165, 1.54) is 24.9 Å². The molecule has 3 aliphatic heterocycles. The highest BCUT2D eigenvalue weighted by atomic mass is 32.2. The van der Waals surface area contributed by atoms with Crippen LogP contribution in [0.1, 0.15) is 12.8 Å². The normalized spacial score (nSPS) is 45.0. The highest BCUT2D eigenvalue weighted by molar-refractivity contribution is 7.94. The molecule has 3 heterocycles. The molecule has 4 unspecified atom stereocenters. The Labute approximate surface area is 96.6 Å². The Morgan fingerprint density at radius 3 is 2.81 bits per heavy atom. The van der Waals surface area contributed by atoms with Gasteiger partial charge in [-0.25, -0.2) is 8.42 Å². The standard InChI is InChI=1S/C11H18N2O2S/c14-16(15)6-3-10(8-16)12-11-2-5-13-4-1-9(11)7-13/h3,6,9-12H,1-2,4-5,7-8H2. The Balaban J connectivity index is 1.61. The maximum absolute atomic E-state index is 11.3. The minimum Gasteiger partial charge on any atom is -0.306 e. The van der Waals surface area contributed by atoms with Gasteiger partial charge in [0.15, 0.2) is 9.84 Å². The average molecular weight is 242 g/mol. The zero-order chi connectivity index (χ0) is 11.2. The molecule has 0 amide bonds. The fraction of sp³-hybridized carbons (Fsp3) is 0.818. The van der Waals surface area contributed by atoms with E-state index in [-0.39, 0.29) is 11.8 Å². The van der Waals surface area contributed by atoms with Crippen LogP contribution < -0.4 is 5.32 Å². The summed E-state index contributed by atoms with van der Waals surface area (Å²) in [6.45, 7) is 3.58. The molecule has 4 nitrogen and oxygen atoms in total. The molecule has 0 aromatic heterocycles. The molecule has 2 fully saturated rings. The maximum atomic E-state index is 11.3. The number of nitrogens with zero attached hydrogens (tertiary/aromatic N) is 1. The van der Waals surface area contributed by atoms with Crippen molar-refractivity contribution in [2.24, 2.45) is 5.92 Å². The van der Waals surface area contributed by atoms with Crippen LogP contribution in [0, 0.1) is 5.92 Å². The van der Waals surface area contributed by atoms with Gasteiger partial charge < -0.3 is 10.2 Å². The summed E-state index contributed by atoms with van der Waals surface area (Å²) in [5.74, 6) is 0.977. The molecule has 1 N–H and O–H groups in total. The molecule has 0 aromatic carbocycles. The van der Waals surface area contributed by atoms with Gasteiger partial charge in [-0.1, -0.05) is 6.08 Å². The monoisotopic (exact) mass is 242 g/mol. The van der Waals surface area contributed by atoms with E-state index in [9.17, 15) is 8.42 Å². The van der Waals surface area contributed by atoms with E-state index in [4.69, 9.17) is 0 Å². The van der Waals surface area contributed by atoms with Gasteiger partial charge in [0.1, 0.15) is 0 Å². The second-order valence-electron chi connectivity index (χ2n) is 5.18. The van der Waals surface area contributed by atoms with Crippen LogP contribution in [-0.4, -0.2) is 50.8 Å². The van der Waals surface area contributed by atoms with Gasteiger partial charge in [-0.15, -0.1) is 0 Å². The first-order valence-electron chi connectivity index (χ1n) is 6.02. The summed E-state index contributed by atoms with van der Waals surface area (Å²) in [7, 11) is -2.91. The lowest BCUT2D eigenvalue weighted by Gasteiger charge is -2.32. The predicted octanol–water partition coefficient (Wildman–Crippen LogP) is -0.0191. The number of rotatable bonds is 2. The lowest BCUT2D eigenvalue weighted by atomic mass is 9.93. The summed E-state index contributed by atoms with van der Waals surface area (Å²) in [6.07, 6.45) is 4.23. The van der Waals surface area contributed by atoms with E-state index in [0.29, 0.717) is 6.04 Å². The van der Waals surface area contributed by atoms with Gasteiger partial charge in [0.05, 0.1) is 5.75 Å². The number of piperidine rings is 1. The Bertz CT molecular complexity index is 404. The van der Waals surface area contributed by atoms with Gasteiger partial charge in [-0.2, -0.15) is 0 Å². The van der Waals surface area contributed by atoms with Crippen molar-refractivity contribution in [1.29, 1.82) is 0 Å². The van der Waals surface area contributed by atoms with E-state index in [0.717, 1.165) is 18.9 Å². The highest BCUT2D eigenvalue weighted by Gasteiger charge is 2.35. The average Bonchev–Trinajstić information content (AvgIpc) is 2.76. The van der Waals surface area contributed by atoms with Crippen molar-refractivity contribution in [1.82, 2.24) is 10.2 Å². The van der Waals surface area contributed by atoms with Gasteiger partial charge in [-0.05, 0) is 31.8 Å². The Hall–Kier alpha value is -0.390.